The zero-order valence-electron chi connectivity index (χ0n) is 10.8. The SMILES string of the molecule is CCCNCC(CC)N(CCC)C1CC1. The monoisotopic (exact) mass is 212 g/mol. The molecule has 0 aromatic rings. The van der Waals surface area contributed by atoms with Crippen LogP contribution in [0.25, 0.3) is 0 Å². The topological polar surface area (TPSA) is 15.3 Å². The number of rotatable bonds is 9. The van der Waals surface area contributed by atoms with Gasteiger partial charge < -0.3 is 5.32 Å². The molecule has 0 aliphatic heterocycles. The van der Waals surface area contributed by atoms with Crippen LogP contribution in [0.4, 0.5) is 0 Å². The Bertz CT molecular complexity index is 155. The summed E-state index contributed by atoms with van der Waals surface area (Å²) in [5.74, 6) is 0. The van der Waals surface area contributed by atoms with Gasteiger partial charge in [0.15, 0.2) is 0 Å². The first-order valence-corrected chi connectivity index (χ1v) is 6.79. The Kier molecular flexibility index (Phi) is 6.26. The first-order valence-electron chi connectivity index (χ1n) is 6.79. The van der Waals surface area contributed by atoms with Gasteiger partial charge in [-0.25, -0.2) is 0 Å². The van der Waals surface area contributed by atoms with Crippen molar-refractivity contribution in [1.29, 1.82) is 0 Å². The summed E-state index contributed by atoms with van der Waals surface area (Å²) in [5.41, 5.74) is 0. The van der Waals surface area contributed by atoms with Crippen LogP contribution in [0.2, 0.25) is 0 Å². The molecule has 0 bridgehead atoms. The van der Waals surface area contributed by atoms with Gasteiger partial charge in [-0.3, -0.25) is 4.90 Å². The van der Waals surface area contributed by atoms with E-state index in [0.29, 0.717) is 0 Å². The summed E-state index contributed by atoms with van der Waals surface area (Å²) in [6, 6.07) is 1.68. The first kappa shape index (κ1) is 13.0. The van der Waals surface area contributed by atoms with Gasteiger partial charge in [0.1, 0.15) is 0 Å². The van der Waals surface area contributed by atoms with Crippen LogP contribution in [0.1, 0.15) is 52.9 Å². The molecule has 0 heterocycles. The molecule has 1 saturated carbocycles. The summed E-state index contributed by atoms with van der Waals surface area (Å²) in [6.07, 6.45) is 6.69. The zero-order chi connectivity index (χ0) is 11.1. The van der Waals surface area contributed by atoms with Gasteiger partial charge >= 0.3 is 0 Å². The number of hydrogen-bond acceptors (Lipinski definition) is 2. The lowest BCUT2D eigenvalue weighted by Gasteiger charge is -2.31. The lowest BCUT2D eigenvalue weighted by Crippen LogP contribution is -2.43. The normalized spacial score (nSPS) is 18.4. The molecule has 1 aliphatic rings. The Labute approximate surface area is 95.4 Å². The molecule has 0 saturated heterocycles. The average molecular weight is 212 g/mol. The fraction of sp³-hybridized carbons (Fsp3) is 1.00. The molecule has 1 fully saturated rings. The first-order chi connectivity index (χ1) is 7.33. The van der Waals surface area contributed by atoms with Gasteiger partial charge in [0.25, 0.3) is 0 Å². The highest BCUT2D eigenvalue weighted by Gasteiger charge is 2.32. The van der Waals surface area contributed by atoms with E-state index in [1.165, 1.54) is 51.7 Å². The zero-order valence-corrected chi connectivity index (χ0v) is 10.8. The average Bonchev–Trinajstić information content (AvgIpc) is 3.06. The third kappa shape index (κ3) is 4.52. The smallest absolute Gasteiger partial charge is 0.0220 e. The summed E-state index contributed by atoms with van der Waals surface area (Å²) in [6.45, 7) is 10.5. The third-order valence-electron chi connectivity index (χ3n) is 3.24. The Morgan fingerprint density at radius 1 is 1.20 bits per heavy atom. The number of hydrogen-bond donors (Lipinski definition) is 1. The lowest BCUT2D eigenvalue weighted by molar-refractivity contribution is 0.177. The van der Waals surface area contributed by atoms with Gasteiger partial charge in [0.2, 0.25) is 0 Å². The highest BCUT2D eigenvalue weighted by atomic mass is 15.2. The Balaban J connectivity index is 2.31. The van der Waals surface area contributed by atoms with Crippen LogP contribution in [-0.2, 0) is 0 Å². The van der Waals surface area contributed by atoms with Crippen LogP contribution in [0.3, 0.4) is 0 Å². The van der Waals surface area contributed by atoms with E-state index in [1.807, 2.05) is 0 Å². The maximum Gasteiger partial charge on any atom is 0.0220 e. The van der Waals surface area contributed by atoms with Crippen molar-refractivity contribution >= 4 is 0 Å². The van der Waals surface area contributed by atoms with Crippen LogP contribution in [-0.4, -0.2) is 36.6 Å². The van der Waals surface area contributed by atoms with Crippen molar-refractivity contribution in [3.05, 3.63) is 0 Å². The molecule has 0 radical (unpaired) electrons. The molecule has 15 heavy (non-hydrogen) atoms. The fourth-order valence-electron chi connectivity index (χ4n) is 2.27. The van der Waals surface area contributed by atoms with Gasteiger partial charge in [-0.15, -0.1) is 0 Å². The van der Waals surface area contributed by atoms with E-state index < -0.39 is 0 Å². The van der Waals surface area contributed by atoms with Crippen molar-refractivity contribution in [2.45, 2.75) is 65.0 Å². The second-order valence-corrected chi connectivity index (χ2v) is 4.74. The Morgan fingerprint density at radius 2 is 1.93 bits per heavy atom. The van der Waals surface area contributed by atoms with Crippen molar-refractivity contribution in [3.8, 4) is 0 Å². The van der Waals surface area contributed by atoms with Gasteiger partial charge in [0.05, 0.1) is 0 Å². The molecule has 0 amide bonds. The van der Waals surface area contributed by atoms with Crippen molar-refractivity contribution in [1.82, 2.24) is 10.2 Å². The highest BCUT2D eigenvalue weighted by Crippen LogP contribution is 2.29. The minimum absolute atomic E-state index is 0.768. The van der Waals surface area contributed by atoms with Crippen LogP contribution in [0, 0.1) is 0 Å². The van der Waals surface area contributed by atoms with Crippen LogP contribution in [0.5, 0.6) is 0 Å². The number of nitrogens with zero attached hydrogens (tertiary/aromatic N) is 1. The molecule has 1 N–H and O–H groups in total. The van der Waals surface area contributed by atoms with Gasteiger partial charge in [-0.05, 0) is 45.2 Å². The van der Waals surface area contributed by atoms with Crippen molar-refractivity contribution in [2.24, 2.45) is 0 Å². The van der Waals surface area contributed by atoms with E-state index in [4.69, 9.17) is 0 Å². The minimum atomic E-state index is 0.768. The second-order valence-electron chi connectivity index (χ2n) is 4.74. The van der Waals surface area contributed by atoms with E-state index >= 15 is 0 Å². The molecular weight excluding hydrogens is 184 g/mol. The summed E-state index contributed by atoms with van der Waals surface area (Å²) in [5, 5.41) is 3.57. The fourth-order valence-corrected chi connectivity index (χ4v) is 2.27. The van der Waals surface area contributed by atoms with Crippen molar-refractivity contribution < 1.29 is 0 Å². The van der Waals surface area contributed by atoms with Crippen LogP contribution < -0.4 is 5.32 Å². The van der Waals surface area contributed by atoms with Gasteiger partial charge in [0, 0.05) is 18.6 Å². The molecular formula is C13H28N2. The second kappa shape index (κ2) is 7.24. The maximum atomic E-state index is 3.57. The Morgan fingerprint density at radius 3 is 2.40 bits per heavy atom. The standard InChI is InChI=1S/C13H28N2/c1-4-9-14-11-12(6-3)15(10-5-2)13-7-8-13/h12-14H,4-11H2,1-3H3. The molecule has 2 nitrogen and oxygen atoms in total. The molecule has 0 spiro atoms. The summed E-state index contributed by atoms with van der Waals surface area (Å²) in [4.78, 5) is 2.74. The van der Waals surface area contributed by atoms with Crippen LogP contribution >= 0.6 is 0 Å². The molecule has 0 aromatic carbocycles. The lowest BCUT2D eigenvalue weighted by atomic mass is 10.1. The van der Waals surface area contributed by atoms with E-state index in [9.17, 15) is 0 Å². The largest absolute Gasteiger partial charge is 0.315 e. The van der Waals surface area contributed by atoms with E-state index in [-0.39, 0.29) is 0 Å². The van der Waals surface area contributed by atoms with Gasteiger partial charge in [-0.2, -0.15) is 0 Å². The predicted molar refractivity (Wildman–Crippen MR) is 67.3 cm³/mol. The van der Waals surface area contributed by atoms with E-state index in [2.05, 4.69) is 31.0 Å². The third-order valence-corrected chi connectivity index (χ3v) is 3.24. The van der Waals surface area contributed by atoms with Crippen molar-refractivity contribution in [2.75, 3.05) is 19.6 Å². The quantitative estimate of drug-likeness (QED) is 0.591. The molecule has 1 atom stereocenters. The molecule has 1 aliphatic carbocycles. The minimum Gasteiger partial charge on any atom is -0.315 e. The molecule has 0 aromatic heterocycles. The predicted octanol–water partition coefficient (Wildman–Crippen LogP) is 2.64. The van der Waals surface area contributed by atoms with Crippen molar-refractivity contribution in [3.63, 3.8) is 0 Å². The Hall–Kier alpha value is -0.0800. The van der Waals surface area contributed by atoms with Gasteiger partial charge in [-0.1, -0.05) is 20.8 Å². The van der Waals surface area contributed by atoms with E-state index in [0.717, 1.165) is 12.1 Å². The molecule has 1 unspecified atom stereocenters. The molecule has 2 heteroatoms. The maximum absolute atomic E-state index is 3.57. The summed E-state index contributed by atoms with van der Waals surface area (Å²) in [7, 11) is 0. The summed E-state index contributed by atoms with van der Waals surface area (Å²) < 4.78 is 0. The van der Waals surface area contributed by atoms with E-state index in [1.54, 1.807) is 0 Å². The summed E-state index contributed by atoms with van der Waals surface area (Å²) >= 11 is 0. The van der Waals surface area contributed by atoms with Crippen LogP contribution in [0.15, 0.2) is 0 Å². The number of nitrogens with one attached hydrogen (secondary N) is 1. The molecule has 90 valence electrons. The molecule has 1 rings (SSSR count). The highest BCUT2D eigenvalue weighted by molar-refractivity contribution is 4.88.